The van der Waals surface area contributed by atoms with Crippen LogP contribution >= 0.6 is 0 Å². The van der Waals surface area contributed by atoms with Crippen molar-refractivity contribution in [1.82, 2.24) is 0 Å². The molecule has 0 bridgehead atoms. The van der Waals surface area contributed by atoms with Gasteiger partial charge in [-0.05, 0) is 12.3 Å². The van der Waals surface area contributed by atoms with Gasteiger partial charge in [0.1, 0.15) is 12.3 Å². The molecule has 2 heterocycles. The van der Waals surface area contributed by atoms with Gasteiger partial charge in [-0.15, -0.1) is 0 Å². The molecule has 0 saturated carbocycles. The van der Waals surface area contributed by atoms with Crippen molar-refractivity contribution in [2.45, 2.75) is 52.0 Å². The molecule has 13 heavy (non-hydrogen) atoms. The summed E-state index contributed by atoms with van der Waals surface area (Å²) in [5.41, 5.74) is 1.65. The average Bonchev–Trinajstić information content (AvgIpc) is 2.04. The number of fused-ring (bicyclic) bond motifs is 1. The first kappa shape index (κ1) is 11.0. The normalized spacial score (nSPS) is 33.7. The SMILES string of the molecule is CC1=[N+]2CCCC[C@H]2C[C@H](C)C1.[Cl-]. The molecule has 0 aliphatic carbocycles. The number of hydrogen-bond acceptors (Lipinski definition) is 0. The Morgan fingerprint density at radius 1 is 1.31 bits per heavy atom. The second-order valence-corrected chi connectivity index (χ2v) is 4.62. The van der Waals surface area contributed by atoms with Crippen molar-refractivity contribution in [2.24, 2.45) is 5.92 Å². The van der Waals surface area contributed by atoms with Gasteiger partial charge in [-0.3, -0.25) is 0 Å². The largest absolute Gasteiger partial charge is 1.00 e. The second kappa shape index (κ2) is 4.45. The van der Waals surface area contributed by atoms with Crippen LogP contribution in [0.15, 0.2) is 0 Å². The van der Waals surface area contributed by atoms with E-state index in [-0.39, 0.29) is 12.4 Å². The molecule has 2 rings (SSSR count). The minimum Gasteiger partial charge on any atom is -1.00 e. The number of nitrogens with zero attached hydrogens (tertiary/aromatic N) is 1. The predicted molar refractivity (Wildman–Crippen MR) is 51.8 cm³/mol. The smallest absolute Gasteiger partial charge is 0.152 e. The Morgan fingerprint density at radius 2 is 2.08 bits per heavy atom. The van der Waals surface area contributed by atoms with Gasteiger partial charge in [0.15, 0.2) is 6.04 Å². The lowest BCUT2D eigenvalue weighted by molar-refractivity contribution is -0.584. The van der Waals surface area contributed by atoms with Gasteiger partial charge in [-0.2, -0.15) is 0 Å². The van der Waals surface area contributed by atoms with Crippen molar-refractivity contribution in [3.8, 4) is 0 Å². The molecule has 1 nitrogen and oxygen atoms in total. The van der Waals surface area contributed by atoms with Gasteiger partial charge in [-0.1, -0.05) is 6.92 Å². The maximum absolute atomic E-state index is 2.67. The minimum absolute atomic E-state index is 0. The lowest BCUT2D eigenvalue weighted by Gasteiger charge is -2.29. The molecule has 2 atom stereocenters. The molecule has 0 aromatic carbocycles. The number of rotatable bonds is 0. The fraction of sp³-hybridized carbons (Fsp3) is 0.909. The molecular formula is C11H20ClN. The number of hydrogen-bond donors (Lipinski definition) is 0. The Hall–Kier alpha value is -0.0400. The molecule has 0 spiro atoms. The van der Waals surface area contributed by atoms with Crippen molar-refractivity contribution in [1.29, 1.82) is 0 Å². The highest BCUT2D eigenvalue weighted by molar-refractivity contribution is 5.77. The molecule has 0 unspecified atom stereocenters. The van der Waals surface area contributed by atoms with Gasteiger partial charge in [0.25, 0.3) is 0 Å². The van der Waals surface area contributed by atoms with Crippen LogP contribution in [0, 0.1) is 5.92 Å². The molecule has 2 aliphatic heterocycles. The summed E-state index contributed by atoms with van der Waals surface area (Å²) in [5.74, 6) is 0.935. The van der Waals surface area contributed by atoms with Gasteiger partial charge in [0.2, 0.25) is 0 Å². The molecule has 0 radical (unpaired) electrons. The van der Waals surface area contributed by atoms with Crippen LogP contribution in [0.5, 0.6) is 0 Å². The summed E-state index contributed by atoms with van der Waals surface area (Å²) >= 11 is 0. The van der Waals surface area contributed by atoms with E-state index in [0.717, 1.165) is 12.0 Å². The summed E-state index contributed by atoms with van der Waals surface area (Å²) in [6.45, 7) is 6.06. The third kappa shape index (κ3) is 2.25. The zero-order chi connectivity index (χ0) is 8.55. The quantitative estimate of drug-likeness (QED) is 0.463. The fourth-order valence-electron chi connectivity index (χ4n) is 2.92. The molecule has 1 saturated heterocycles. The lowest BCUT2D eigenvalue weighted by Crippen LogP contribution is -3.00. The molecular weight excluding hydrogens is 182 g/mol. The van der Waals surface area contributed by atoms with Crippen LogP contribution < -0.4 is 12.4 Å². The van der Waals surface area contributed by atoms with Gasteiger partial charge in [-0.25, -0.2) is 4.58 Å². The number of piperidine rings is 1. The highest BCUT2D eigenvalue weighted by atomic mass is 35.5. The fourth-order valence-corrected chi connectivity index (χ4v) is 2.92. The van der Waals surface area contributed by atoms with Gasteiger partial charge < -0.3 is 12.4 Å². The molecule has 0 N–H and O–H groups in total. The molecule has 76 valence electrons. The maximum Gasteiger partial charge on any atom is 0.152 e. The summed E-state index contributed by atoms with van der Waals surface area (Å²) in [5, 5.41) is 0. The Balaban J connectivity index is 0.000000845. The van der Waals surface area contributed by atoms with Crippen LogP contribution in [0.4, 0.5) is 0 Å². The molecule has 1 fully saturated rings. The Labute approximate surface area is 87.6 Å². The zero-order valence-corrected chi connectivity index (χ0v) is 9.48. The van der Waals surface area contributed by atoms with Gasteiger partial charge >= 0.3 is 0 Å². The Kier molecular flexibility index (Phi) is 3.78. The van der Waals surface area contributed by atoms with E-state index in [1.54, 1.807) is 5.71 Å². The van der Waals surface area contributed by atoms with Crippen LogP contribution in [-0.2, 0) is 0 Å². The third-order valence-electron chi connectivity index (χ3n) is 3.44. The van der Waals surface area contributed by atoms with Gasteiger partial charge in [0.05, 0.1) is 0 Å². The van der Waals surface area contributed by atoms with Crippen molar-refractivity contribution in [3.63, 3.8) is 0 Å². The van der Waals surface area contributed by atoms with Crippen molar-refractivity contribution in [3.05, 3.63) is 0 Å². The predicted octanol–water partition coefficient (Wildman–Crippen LogP) is -0.554. The highest BCUT2D eigenvalue weighted by Crippen LogP contribution is 2.26. The topological polar surface area (TPSA) is 3.01 Å². The summed E-state index contributed by atoms with van der Waals surface area (Å²) in [7, 11) is 0. The van der Waals surface area contributed by atoms with Crippen LogP contribution in [0.25, 0.3) is 0 Å². The Morgan fingerprint density at radius 3 is 2.85 bits per heavy atom. The summed E-state index contributed by atoms with van der Waals surface area (Å²) in [6.07, 6.45) is 7.11. The molecule has 0 amide bonds. The van der Waals surface area contributed by atoms with E-state index >= 15 is 0 Å². The van der Waals surface area contributed by atoms with E-state index in [2.05, 4.69) is 18.4 Å². The molecule has 0 aromatic heterocycles. The van der Waals surface area contributed by atoms with Crippen molar-refractivity contribution in [2.75, 3.05) is 6.54 Å². The third-order valence-corrected chi connectivity index (χ3v) is 3.44. The summed E-state index contributed by atoms with van der Waals surface area (Å²) < 4.78 is 2.67. The Bertz CT molecular complexity index is 210. The molecule has 0 aromatic rings. The van der Waals surface area contributed by atoms with E-state index in [1.807, 2.05) is 0 Å². The molecule has 2 aliphatic rings. The van der Waals surface area contributed by atoms with Crippen LogP contribution in [0.2, 0.25) is 0 Å². The summed E-state index contributed by atoms with van der Waals surface area (Å²) in [4.78, 5) is 0. The van der Waals surface area contributed by atoms with Crippen LogP contribution in [-0.4, -0.2) is 22.9 Å². The van der Waals surface area contributed by atoms with E-state index in [9.17, 15) is 0 Å². The average molecular weight is 202 g/mol. The van der Waals surface area contributed by atoms with E-state index in [1.165, 1.54) is 38.6 Å². The van der Waals surface area contributed by atoms with Crippen molar-refractivity contribution >= 4 is 5.71 Å². The monoisotopic (exact) mass is 201 g/mol. The van der Waals surface area contributed by atoms with Crippen LogP contribution in [0.3, 0.4) is 0 Å². The maximum atomic E-state index is 2.67. The summed E-state index contributed by atoms with van der Waals surface area (Å²) in [6, 6.07) is 0.905. The van der Waals surface area contributed by atoms with E-state index in [4.69, 9.17) is 0 Å². The van der Waals surface area contributed by atoms with E-state index in [0.29, 0.717) is 0 Å². The standard InChI is InChI=1S/C11H20N.ClH/c1-9-7-10(2)12-6-4-3-5-11(12)8-9;/h9,11H,3-8H2,1-2H3;1H/q+1;/p-1/t9-,11+;/m1./s1. The lowest BCUT2D eigenvalue weighted by atomic mass is 9.87. The van der Waals surface area contributed by atoms with E-state index < -0.39 is 0 Å². The highest BCUT2D eigenvalue weighted by Gasteiger charge is 2.33. The first-order valence-corrected chi connectivity index (χ1v) is 5.36. The second-order valence-electron chi connectivity index (χ2n) is 4.62. The first-order valence-electron chi connectivity index (χ1n) is 5.36. The van der Waals surface area contributed by atoms with Crippen molar-refractivity contribution < 1.29 is 17.0 Å². The minimum atomic E-state index is 0. The first-order chi connectivity index (χ1) is 5.77. The zero-order valence-electron chi connectivity index (χ0n) is 8.72. The van der Waals surface area contributed by atoms with Gasteiger partial charge in [0, 0.05) is 32.6 Å². The van der Waals surface area contributed by atoms with Crippen LogP contribution in [0.1, 0.15) is 46.0 Å². The number of halogens is 1. The molecule has 2 heteroatoms.